The lowest BCUT2D eigenvalue weighted by Gasteiger charge is -2.43. The van der Waals surface area contributed by atoms with E-state index < -0.39 is 5.92 Å². The largest absolute Gasteiger partial charge is 0.384 e. The number of carbonyl (C=O) groups excluding carboxylic acids is 1. The molecule has 0 saturated heterocycles. The molecule has 0 spiro atoms. The van der Waals surface area contributed by atoms with Gasteiger partial charge in [-0.3, -0.25) is 9.69 Å². The molecule has 192 valence electrons. The first-order valence-electron chi connectivity index (χ1n) is 13.1. The Labute approximate surface area is 227 Å². The van der Waals surface area contributed by atoms with Crippen molar-refractivity contribution < 1.29 is 4.79 Å². The third-order valence-corrected chi connectivity index (χ3v) is 10.6. The summed E-state index contributed by atoms with van der Waals surface area (Å²) in [4.78, 5) is 19.2. The second-order valence-electron chi connectivity index (χ2n) is 12.3. The molecule has 1 aliphatic heterocycles. The van der Waals surface area contributed by atoms with E-state index in [0.29, 0.717) is 35.4 Å². The number of rotatable bonds is 2. The van der Waals surface area contributed by atoms with E-state index in [1.807, 2.05) is 4.90 Å². The summed E-state index contributed by atoms with van der Waals surface area (Å²) in [5, 5.41) is 21.5. The van der Waals surface area contributed by atoms with Crippen LogP contribution < -0.4 is 10.6 Å². The third kappa shape index (κ3) is 4.33. The maximum absolute atomic E-state index is 13.9. The highest BCUT2D eigenvalue weighted by molar-refractivity contribution is 7.16. The lowest BCUT2D eigenvalue weighted by Crippen LogP contribution is -2.42. The number of nitrogens with two attached hydrogens (primary N) is 1. The van der Waals surface area contributed by atoms with E-state index >= 15 is 0 Å². The Morgan fingerprint density at radius 2 is 1.78 bits per heavy atom. The normalized spacial score (nSPS) is 21.8. The first-order valence-corrected chi connectivity index (χ1v) is 14.7. The highest BCUT2D eigenvalue weighted by Gasteiger charge is 2.46. The summed E-state index contributed by atoms with van der Waals surface area (Å²) in [7, 11) is 0. The molecule has 7 heteroatoms. The molecular formula is C30H34N4OS2. The van der Waals surface area contributed by atoms with Crippen molar-refractivity contribution in [3.8, 4) is 12.1 Å². The SMILES string of the molecule is CC1(C)CC(=O)C2=C(C1)N(c1sc3c(c1C#N)CCCCC3)C(N)=C(C#N)C2c1ccc(C(C)(C)C)s1. The number of allylic oxidation sites excluding steroid dienone is 3. The van der Waals surface area contributed by atoms with Gasteiger partial charge in [-0.05, 0) is 60.6 Å². The van der Waals surface area contributed by atoms with Crippen LogP contribution in [-0.2, 0) is 23.1 Å². The minimum absolute atomic E-state index is 0.0298. The zero-order valence-corrected chi connectivity index (χ0v) is 24.0. The molecule has 0 aromatic carbocycles. The summed E-state index contributed by atoms with van der Waals surface area (Å²) in [5.74, 6) is -0.0384. The molecule has 2 aromatic heterocycles. The molecule has 1 atom stereocenters. The van der Waals surface area contributed by atoms with Crippen molar-refractivity contribution in [2.24, 2.45) is 11.1 Å². The molecule has 2 aromatic rings. The summed E-state index contributed by atoms with van der Waals surface area (Å²) >= 11 is 3.28. The Morgan fingerprint density at radius 1 is 1.05 bits per heavy atom. The van der Waals surface area contributed by atoms with E-state index in [9.17, 15) is 15.3 Å². The van der Waals surface area contributed by atoms with Gasteiger partial charge in [0.1, 0.15) is 16.9 Å². The molecule has 3 aliphatic rings. The second-order valence-corrected chi connectivity index (χ2v) is 14.5. The molecule has 0 radical (unpaired) electrons. The van der Waals surface area contributed by atoms with Crippen molar-refractivity contribution in [3.63, 3.8) is 0 Å². The van der Waals surface area contributed by atoms with Crippen LogP contribution in [0.2, 0.25) is 0 Å². The van der Waals surface area contributed by atoms with Crippen molar-refractivity contribution in [1.29, 1.82) is 10.5 Å². The van der Waals surface area contributed by atoms with Crippen LogP contribution >= 0.6 is 22.7 Å². The number of aryl methyl sites for hydroxylation is 1. The number of hydrogen-bond donors (Lipinski definition) is 1. The van der Waals surface area contributed by atoms with Gasteiger partial charge in [0.25, 0.3) is 0 Å². The number of nitriles is 2. The third-order valence-electron chi connectivity index (χ3n) is 7.75. The molecular weight excluding hydrogens is 496 g/mol. The van der Waals surface area contributed by atoms with Gasteiger partial charge < -0.3 is 5.73 Å². The fourth-order valence-corrected chi connectivity index (χ4v) is 8.50. The Hall–Kier alpha value is -2.87. The van der Waals surface area contributed by atoms with Crippen molar-refractivity contribution in [1.82, 2.24) is 0 Å². The van der Waals surface area contributed by atoms with Crippen molar-refractivity contribution >= 4 is 33.5 Å². The highest BCUT2D eigenvalue weighted by atomic mass is 32.1. The van der Waals surface area contributed by atoms with Gasteiger partial charge in [0.15, 0.2) is 5.78 Å². The predicted molar refractivity (Wildman–Crippen MR) is 150 cm³/mol. The van der Waals surface area contributed by atoms with Gasteiger partial charge >= 0.3 is 0 Å². The number of carbonyl (C=O) groups is 1. The zero-order valence-electron chi connectivity index (χ0n) is 22.3. The van der Waals surface area contributed by atoms with Crippen LogP contribution in [0.5, 0.6) is 0 Å². The first-order chi connectivity index (χ1) is 17.5. The van der Waals surface area contributed by atoms with Crippen molar-refractivity contribution in [3.05, 3.63) is 60.6 Å². The van der Waals surface area contributed by atoms with Crippen LogP contribution in [-0.4, -0.2) is 5.78 Å². The maximum Gasteiger partial charge on any atom is 0.162 e. The maximum atomic E-state index is 13.9. The average molecular weight is 531 g/mol. The van der Waals surface area contributed by atoms with E-state index in [0.717, 1.165) is 46.8 Å². The Balaban J connectivity index is 1.76. The van der Waals surface area contributed by atoms with Crippen molar-refractivity contribution in [2.45, 2.75) is 90.9 Å². The van der Waals surface area contributed by atoms with Gasteiger partial charge in [0.05, 0.1) is 23.1 Å². The van der Waals surface area contributed by atoms with Gasteiger partial charge in [-0.2, -0.15) is 10.5 Å². The van der Waals surface area contributed by atoms with Gasteiger partial charge in [-0.25, -0.2) is 0 Å². The van der Waals surface area contributed by atoms with Crippen molar-refractivity contribution in [2.75, 3.05) is 4.90 Å². The number of ketones is 1. The fraction of sp³-hybridized carbons (Fsp3) is 0.500. The van der Waals surface area contributed by atoms with E-state index in [4.69, 9.17) is 5.73 Å². The topological polar surface area (TPSA) is 93.9 Å². The molecule has 5 rings (SSSR count). The summed E-state index contributed by atoms with van der Waals surface area (Å²) in [6.45, 7) is 10.7. The number of nitrogens with zero attached hydrogens (tertiary/aromatic N) is 3. The number of thiophene rings is 2. The van der Waals surface area contributed by atoms with E-state index in [1.165, 1.54) is 16.2 Å². The van der Waals surface area contributed by atoms with Gasteiger partial charge in [-0.1, -0.05) is 41.0 Å². The van der Waals surface area contributed by atoms with Crippen LogP contribution in [0.25, 0.3) is 0 Å². The van der Waals surface area contributed by atoms with E-state index in [2.05, 4.69) is 58.9 Å². The predicted octanol–water partition coefficient (Wildman–Crippen LogP) is 7.19. The summed E-state index contributed by atoms with van der Waals surface area (Å²) < 4.78 is 0. The average Bonchev–Trinajstić information content (AvgIpc) is 3.36. The van der Waals surface area contributed by atoms with Crippen LogP contribution in [0.4, 0.5) is 5.00 Å². The molecule has 2 N–H and O–H groups in total. The number of hydrogen-bond acceptors (Lipinski definition) is 7. The Bertz CT molecular complexity index is 1430. The monoisotopic (exact) mass is 530 g/mol. The number of anilines is 1. The molecule has 2 aliphatic carbocycles. The summed E-state index contributed by atoms with van der Waals surface area (Å²) in [6.07, 6.45) is 6.30. The lowest BCUT2D eigenvalue weighted by molar-refractivity contribution is -0.118. The summed E-state index contributed by atoms with van der Waals surface area (Å²) in [5.41, 5.74) is 10.3. The Kier molecular flexibility index (Phi) is 6.37. The van der Waals surface area contributed by atoms with E-state index in [-0.39, 0.29) is 16.6 Å². The quantitative estimate of drug-likeness (QED) is 0.415. The minimum Gasteiger partial charge on any atom is -0.384 e. The molecule has 5 nitrogen and oxygen atoms in total. The number of fused-ring (bicyclic) bond motifs is 1. The molecule has 0 bridgehead atoms. The second kappa shape index (κ2) is 9.15. The molecule has 37 heavy (non-hydrogen) atoms. The van der Waals surface area contributed by atoms with Crippen LogP contribution in [0.15, 0.2) is 34.8 Å². The molecule has 3 heterocycles. The zero-order chi connectivity index (χ0) is 26.7. The summed E-state index contributed by atoms with van der Waals surface area (Å²) in [6, 6.07) is 9.03. The van der Waals surface area contributed by atoms with Crippen LogP contribution in [0.1, 0.15) is 98.4 Å². The fourth-order valence-electron chi connectivity index (χ4n) is 5.94. The van der Waals surface area contributed by atoms with Gasteiger partial charge in [-0.15, -0.1) is 22.7 Å². The van der Waals surface area contributed by atoms with Gasteiger partial charge in [0, 0.05) is 32.3 Å². The molecule has 1 unspecified atom stereocenters. The van der Waals surface area contributed by atoms with Crippen LogP contribution in [0.3, 0.4) is 0 Å². The molecule has 0 amide bonds. The van der Waals surface area contributed by atoms with Crippen LogP contribution in [0, 0.1) is 28.1 Å². The smallest absolute Gasteiger partial charge is 0.162 e. The Morgan fingerprint density at radius 3 is 2.43 bits per heavy atom. The molecule has 0 saturated carbocycles. The minimum atomic E-state index is -0.468. The van der Waals surface area contributed by atoms with E-state index in [1.54, 1.807) is 22.7 Å². The standard InChI is InChI=1S/C30H34N4OS2/c1-29(2,3)24-12-11-23(36-24)25-19(16-32)27(33)34(20-13-30(4,5)14-21(35)26(20)25)28-18(15-31)17-9-7-6-8-10-22(17)37-28/h11-12,25H,6-10,13-14,33H2,1-5H3. The first kappa shape index (κ1) is 25.8. The highest BCUT2D eigenvalue weighted by Crippen LogP contribution is 2.53. The number of Topliss-reactive ketones (excluding diaryl/α,β-unsaturated/α-hetero) is 1. The van der Waals surface area contributed by atoms with Gasteiger partial charge in [0.2, 0.25) is 0 Å². The molecule has 0 fully saturated rings. The lowest BCUT2D eigenvalue weighted by atomic mass is 9.70.